The van der Waals surface area contributed by atoms with Gasteiger partial charge in [-0.1, -0.05) is 0 Å². The van der Waals surface area contributed by atoms with Crippen molar-refractivity contribution in [2.75, 3.05) is 0 Å². The second-order valence-corrected chi connectivity index (χ2v) is 1.52. The largest absolute Gasteiger partial charge is 0.474 e. The van der Waals surface area contributed by atoms with Crippen molar-refractivity contribution in [2.45, 2.75) is 12.7 Å². The van der Waals surface area contributed by atoms with Crippen molar-refractivity contribution >= 4 is 5.97 Å². The molecule has 0 bridgehead atoms. The van der Waals surface area contributed by atoms with E-state index in [1.807, 2.05) is 0 Å². The predicted molar refractivity (Wildman–Crippen MR) is 24.1 cm³/mol. The number of hydrogen-bond acceptors (Lipinski definition) is 3. The fourth-order valence-electron chi connectivity index (χ4n) is 0.0781. The summed E-state index contributed by atoms with van der Waals surface area (Å²) in [6.07, 6.45) is 0. The van der Waals surface area contributed by atoms with Crippen LogP contribution < -0.4 is 0 Å². The van der Waals surface area contributed by atoms with E-state index in [2.05, 4.69) is 0 Å². The highest BCUT2D eigenvalue weighted by Gasteiger charge is 2.46. The number of nitrogens with zero attached hydrogens (tertiary/aromatic N) is 1. The Morgan fingerprint density at radius 1 is 1.89 bits per heavy atom. The lowest BCUT2D eigenvalue weighted by Crippen LogP contribution is -2.38. The van der Waals surface area contributed by atoms with E-state index >= 15 is 0 Å². The Labute approximate surface area is 49.2 Å². The number of halogens is 1. The van der Waals surface area contributed by atoms with Gasteiger partial charge in [0.1, 0.15) is 0 Å². The van der Waals surface area contributed by atoms with Gasteiger partial charge in [-0.2, -0.15) is 4.39 Å². The smallest absolute Gasteiger partial charge is 0.451 e. The number of nitro groups is 1. The van der Waals surface area contributed by atoms with Gasteiger partial charge in [0.05, 0.1) is 11.8 Å². The Hall–Kier alpha value is -1.20. The zero-order valence-electron chi connectivity index (χ0n) is 4.50. The summed E-state index contributed by atoms with van der Waals surface area (Å²) in [6, 6.07) is 0. The molecule has 0 saturated carbocycles. The Kier molecular flexibility index (Phi) is 1.70. The first kappa shape index (κ1) is 7.80. The molecule has 9 heavy (non-hydrogen) atoms. The van der Waals surface area contributed by atoms with Crippen molar-refractivity contribution in [1.29, 1.82) is 0 Å². The van der Waals surface area contributed by atoms with Crippen LogP contribution in [0.3, 0.4) is 0 Å². The third-order valence-electron chi connectivity index (χ3n) is 0.733. The van der Waals surface area contributed by atoms with Crippen molar-refractivity contribution in [3.05, 3.63) is 10.1 Å². The third-order valence-corrected chi connectivity index (χ3v) is 0.733. The van der Waals surface area contributed by atoms with Crippen molar-refractivity contribution < 1.29 is 19.2 Å². The van der Waals surface area contributed by atoms with E-state index in [9.17, 15) is 19.3 Å². The second-order valence-electron chi connectivity index (χ2n) is 1.52. The predicted octanol–water partition coefficient (Wildman–Crippen LogP) is 0.0334. The Bertz CT molecular complexity index is 138. The van der Waals surface area contributed by atoms with Gasteiger partial charge in [-0.05, 0) is 0 Å². The maximum atomic E-state index is 12.0. The molecular weight excluding hydrogens is 133 g/mol. The summed E-state index contributed by atoms with van der Waals surface area (Å²) in [7, 11) is 0. The maximum absolute atomic E-state index is 12.0. The molecule has 1 atom stereocenters. The number of alkyl halides is 1. The maximum Gasteiger partial charge on any atom is 0.451 e. The summed E-state index contributed by atoms with van der Waals surface area (Å²) in [6.45, 7) is 0.370. The summed E-state index contributed by atoms with van der Waals surface area (Å²) in [5.74, 6) is -5.45. The Morgan fingerprint density at radius 3 is 2.22 bits per heavy atom. The molecule has 0 aromatic rings. The molecule has 5 nitrogen and oxygen atoms in total. The molecule has 0 aliphatic heterocycles. The zero-order chi connectivity index (χ0) is 7.65. The van der Waals surface area contributed by atoms with Crippen LogP contribution >= 0.6 is 0 Å². The Balaban J connectivity index is 4.38. The SMILES string of the molecule is CC(F)(C(=O)O)[N+](=O)[O-]. The van der Waals surface area contributed by atoms with Crippen LogP contribution in [0.25, 0.3) is 0 Å². The van der Waals surface area contributed by atoms with Crippen LogP contribution in [0.4, 0.5) is 4.39 Å². The van der Waals surface area contributed by atoms with Gasteiger partial charge in [0.25, 0.3) is 0 Å². The van der Waals surface area contributed by atoms with Gasteiger partial charge in [-0.25, -0.2) is 4.79 Å². The first-order valence-electron chi connectivity index (χ1n) is 1.96. The number of carboxylic acids is 1. The van der Waals surface area contributed by atoms with E-state index in [0.717, 1.165) is 0 Å². The fourth-order valence-corrected chi connectivity index (χ4v) is 0.0781. The van der Waals surface area contributed by atoms with E-state index < -0.39 is 16.7 Å². The van der Waals surface area contributed by atoms with Crippen LogP contribution in [0.2, 0.25) is 0 Å². The molecular formula is C3H4FNO4. The van der Waals surface area contributed by atoms with Gasteiger partial charge < -0.3 is 5.11 Å². The molecule has 0 heterocycles. The molecule has 0 aliphatic rings. The first-order valence-corrected chi connectivity index (χ1v) is 1.96. The lowest BCUT2D eigenvalue weighted by Gasteiger charge is -2.02. The minimum Gasteiger partial charge on any atom is -0.474 e. The van der Waals surface area contributed by atoms with E-state index in [0.29, 0.717) is 6.92 Å². The van der Waals surface area contributed by atoms with Crippen molar-refractivity contribution in [3.63, 3.8) is 0 Å². The molecule has 1 unspecified atom stereocenters. The van der Waals surface area contributed by atoms with Crippen molar-refractivity contribution in [3.8, 4) is 0 Å². The van der Waals surface area contributed by atoms with Crippen LogP contribution in [0, 0.1) is 10.1 Å². The average Bonchev–Trinajstić information content (AvgIpc) is 1.65. The molecule has 0 aromatic heterocycles. The van der Waals surface area contributed by atoms with Crippen LogP contribution in [0.5, 0.6) is 0 Å². The monoisotopic (exact) mass is 137 g/mol. The molecule has 0 saturated heterocycles. The van der Waals surface area contributed by atoms with Gasteiger partial charge >= 0.3 is 11.8 Å². The molecule has 0 aromatic carbocycles. The van der Waals surface area contributed by atoms with E-state index in [1.54, 1.807) is 0 Å². The average molecular weight is 137 g/mol. The second kappa shape index (κ2) is 1.96. The number of hydrogen-bond donors (Lipinski definition) is 1. The topological polar surface area (TPSA) is 80.4 Å². The highest BCUT2D eigenvalue weighted by atomic mass is 19.1. The molecule has 0 aliphatic carbocycles. The van der Waals surface area contributed by atoms with Crippen LogP contribution in [0.1, 0.15) is 6.92 Å². The zero-order valence-corrected chi connectivity index (χ0v) is 4.50. The highest BCUT2D eigenvalue weighted by Crippen LogP contribution is 2.09. The number of rotatable bonds is 2. The summed E-state index contributed by atoms with van der Waals surface area (Å²) < 4.78 is 12.0. The minimum absolute atomic E-state index is 0.370. The molecule has 0 fully saturated rings. The lowest BCUT2D eigenvalue weighted by molar-refractivity contribution is -0.583. The van der Waals surface area contributed by atoms with Crippen molar-refractivity contribution in [1.82, 2.24) is 0 Å². The molecule has 0 rings (SSSR count). The molecule has 52 valence electrons. The molecule has 0 spiro atoms. The lowest BCUT2D eigenvalue weighted by atomic mass is 10.3. The van der Waals surface area contributed by atoms with Crippen LogP contribution in [-0.4, -0.2) is 21.8 Å². The standard InChI is InChI=1S/C3H4FNO4/c1-3(4,2(6)7)5(8)9/h1H3,(H,6,7). The third kappa shape index (κ3) is 1.34. The minimum atomic E-state index is -3.36. The summed E-state index contributed by atoms with van der Waals surface area (Å²) >= 11 is 0. The van der Waals surface area contributed by atoms with E-state index in [-0.39, 0.29) is 0 Å². The summed E-state index contributed by atoms with van der Waals surface area (Å²) in [4.78, 5) is 17.7. The quantitative estimate of drug-likeness (QED) is 0.331. The van der Waals surface area contributed by atoms with Gasteiger partial charge in [-0.15, -0.1) is 0 Å². The Morgan fingerprint density at radius 2 is 2.22 bits per heavy atom. The van der Waals surface area contributed by atoms with Crippen LogP contribution in [-0.2, 0) is 4.79 Å². The normalized spacial score (nSPS) is 16.2. The molecule has 0 radical (unpaired) electrons. The highest BCUT2D eigenvalue weighted by molar-refractivity contribution is 5.74. The summed E-state index contributed by atoms with van der Waals surface area (Å²) in [5.41, 5.74) is 0. The molecule has 0 amide bonds. The number of carboxylic acid groups (broad SMARTS) is 1. The van der Waals surface area contributed by atoms with Gasteiger partial charge in [-0.3, -0.25) is 10.1 Å². The first-order chi connectivity index (χ1) is 3.89. The van der Waals surface area contributed by atoms with Crippen molar-refractivity contribution in [2.24, 2.45) is 0 Å². The van der Waals surface area contributed by atoms with Gasteiger partial charge in [0.15, 0.2) is 0 Å². The van der Waals surface area contributed by atoms with E-state index in [1.165, 1.54) is 0 Å². The van der Waals surface area contributed by atoms with Gasteiger partial charge in [0.2, 0.25) is 0 Å². The molecule has 1 N–H and O–H groups in total. The summed E-state index contributed by atoms with van der Waals surface area (Å²) in [5, 5.41) is 17.3. The molecule has 6 heteroatoms. The van der Waals surface area contributed by atoms with Crippen LogP contribution in [0.15, 0.2) is 0 Å². The number of carbonyl (C=O) groups is 1. The number of aliphatic carboxylic acids is 1. The van der Waals surface area contributed by atoms with Gasteiger partial charge in [0, 0.05) is 0 Å². The van der Waals surface area contributed by atoms with E-state index in [4.69, 9.17) is 5.11 Å². The fraction of sp³-hybridized carbons (Fsp3) is 0.667.